The van der Waals surface area contributed by atoms with E-state index in [1.807, 2.05) is 44.2 Å². The number of nitrogens with one attached hydrogen (secondary N) is 1. The Balaban J connectivity index is 1.58. The molecule has 1 aliphatic rings. The van der Waals surface area contributed by atoms with Gasteiger partial charge in [-0.2, -0.15) is 13.2 Å². The first kappa shape index (κ1) is 27.6. The van der Waals surface area contributed by atoms with Gasteiger partial charge in [0.05, 0.1) is 12.2 Å². The molecule has 0 bridgehead atoms. The summed E-state index contributed by atoms with van der Waals surface area (Å²) in [6.45, 7) is 4.32. The van der Waals surface area contributed by atoms with E-state index in [2.05, 4.69) is 20.3 Å². The summed E-state index contributed by atoms with van der Waals surface area (Å²) in [7, 11) is 0. The molecule has 2 aromatic heterocycles. The van der Waals surface area contributed by atoms with Crippen LogP contribution in [0.3, 0.4) is 0 Å². The predicted octanol–water partition coefficient (Wildman–Crippen LogP) is 6.47. The van der Waals surface area contributed by atoms with Gasteiger partial charge in [-0.1, -0.05) is 48.9 Å². The summed E-state index contributed by atoms with van der Waals surface area (Å²) in [5.74, 6) is -0.463. The van der Waals surface area contributed by atoms with Crippen molar-refractivity contribution in [2.75, 3.05) is 5.32 Å². The standard InChI is InChI=1S/C29H30F3N5O3/c1-17(21-9-6-10-21)33-24-23-25(35-26(34-24)28(38)39)36-27(18(2)40-16-20-7-4-3-5-8-20)37(23)15-19-11-13-22(14-12-19)29(30,31)32/h3-5,7-8,11-14,17-18,21H,6,9-10,15-16H2,1-2H3,(H,38,39)(H,33,34,35). The van der Waals surface area contributed by atoms with Crippen LogP contribution < -0.4 is 5.32 Å². The number of hydrogen-bond donors (Lipinski definition) is 2. The molecule has 1 saturated carbocycles. The van der Waals surface area contributed by atoms with Crippen molar-refractivity contribution in [2.24, 2.45) is 5.92 Å². The lowest BCUT2D eigenvalue weighted by atomic mass is 9.80. The van der Waals surface area contributed by atoms with Crippen molar-refractivity contribution in [3.63, 3.8) is 0 Å². The number of carboxylic acid groups (broad SMARTS) is 1. The van der Waals surface area contributed by atoms with Crippen LogP contribution in [0.2, 0.25) is 0 Å². The first-order valence-electron chi connectivity index (χ1n) is 13.2. The molecule has 1 fully saturated rings. The second kappa shape index (κ2) is 11.2. The lowest BCUT2D eigenvalue weighted by molar-refractivity contribution is -0.137. The molecule has 0 spiro atoms. The largest absolute Gasteiger partial charge is 0.475 e. The number of anilines is 1. The molecular weight excluding hydrogens is 523 g/mol. The zero-order valence-electron chi connectivity index (χ0n) is 22.2. The second-order valence-electron chi connectivity index (χ2n) is 10.2. The van der Waals surface area contributed by atoms with Crippen molar-refractivity contribution in [1.82, 2.24) is 19.5 Å². The molecule has 2 atom stereocenters. The zero-order valence-corrected chi connectivity index (χ0v) is 22.2. The highest BCUT2D eigenvalue weighted by molar-refractivity contribution is 5.90. The van der Waals surface area contributed by atoms with Gasteiger partial charge in [-0.05, 0) is 55.9 Å². The van der Waals surface area contributed by atoms with Gasteiger partial charge < -0.3 is 19.7 Å². The molecule has 40 heavy (non-hydrogen) atoms. The zero-order chi connectivity index (χ0) is 28.4. The number of carbonyl (C=O) groups is 1. The van der Waals surface area contributed by atoms with Crippen LogP contribution in [-0.4, -0.2) is 36.6 Å². The molecule has 11 heteroatoms. The van der Waals surface area contributed by atoms with Gasteiger partial charge in [-0.15, -0.1) is 0 Å². The van der Waals surface area contributed by atoms with Gasteiger partial charge in [-0.3, -0.25) is 0 Å². The Hall–Kier alpha value is -3.99. The SMILES string of the molecule is CC(OCc1ccccc1)c1nc2nc(C(=O)O)nc(NC(C)C3CCC3)c2n1Cc1ccc(C(F)(F)F)cc1. The number of aromatic nitrogens is 4. The van der Waals surface area contributed by atoms with Gasteiger partial charge in [0.15, 0.2) is 11.5 Å². The van der Waals surface area contributed by atoms with Crippen LogP contribution >= 0.6 is 0 Å². The topological polar surface area (TPSA) is 102 Å². The summed E-state index contributed by atoms with van der Waals surface area (Å²) in [6, 6.07) is 14.6. The van der Waals surface area contributed by atoms with Crippen molar-refractivity contribution >= 4 is 23.0 Å². The number of hydrogen-bond acceptors (Lipinski definition) is 6. The Morgan fingerprint density at radius 3 is 2.35 bits per heavy atom. The van der Waals surface area contributed by atoms with Crippen molar-refractivity contribution < 1.29 is 27.8 Å². The summed E-state index contributed by atoms with van der Waals surface area (Å²) in [5.41, 5.74) is 1.47. The van der Waals surface area contributed by atoms with E-state index in [9.17, 15) is 23.1 Å². The van der Waals surface area contributed by atoms with Crippen molar-refractivity contribution in [1.29, 1.82) is 0 Å². The number of aromatic carboxylic acids is 1. The van der Waals surface area contributed by atoms with Crippen LogP contribution in [0, 0.1) is 5.92 Å². The van der Waals surface area contributed by atoms with E-state index in [4.69, 9.17) is 4.74 Å². The summed E-state index contributed by atoms with van der Waals surface area (Å²) in [5, 5.41) is 13.1. The molecule has 4 aromatic rings. The van der Waals surface area contributed by atoms with E-state index in [0.717, 1.165) is 37.0 Å². The number of alkyl halides is 3. The number of rotatable bonds is 10. The molecular formula is C29H30F3N5O3. The normalized spacial score (nSPS) is 15.5. The molecule has 1 aliphatic carbocycles. The average molecular weight is 554 g/mol. The summed E-state index contributed by atoms with van der Waals surface area (Å²) in [4.78, 5) is 25.1. The van der Waals surface area contributed by atoms with E-state index < -0.39 is 23.8 Å². The van der Waals surface area contributed by atoms with Crippen LogP contribution in [0.15, 0.2) is 54.6 Å². The Morgan fingerprint density at radius 1 is 1.05 bits per heavy atom. The third kappa shape index (κ3) is 5.94. The number of imidazole rings is 1. The Bertz CT molecular complexity index is 1490. The number of fused-ring (bicyclic) bond motifs is 1. The van der Waals surface area contributed by atoms with Crippen molar-refractivity contribution in [3.8, 4) is 0 Å². The molecule has 210 valence electrons. The molecule has 2 heterocycles. The van der Waals surface area contributed by atoms with E-state index in [1.54, 1.807) is 4.57 Å². The van der Waals surface area contributed by atoms with Gasteiger partial charge in [0, 0.05) is 12.6 Å². The Labute approximate surface area is 229 Å². The highest BCUT2D eigenvalue weighted by Crippen LogP contribution is 2.34. The molecule has 0 radical (unpaired) electrons. The molecule has 8 nitrogen and oxygen atoms in total. The first-order valence-corrected chi connectivity index (χ1v) is 13.2. The number of nitrogens with zero attached hydrogens (tertiary/aromatic N) is 4. The average Bonchev–Trinajstić information content (AvgIpc) is 3.25. The predicted molar refractivity (Wildman–Crippen MR) is 143 cm³/mol. The molecule has 2 N–H and O–H groups in total. The summed E-state index contributed by atoms with van der Waals surface area (Å²) in [6.07, 6.45) is -1.72. The number of benzene rings is 2. The molecule has 0 aliphatic heterocycles. The minimum atomic E-state index is -4.44. The Kier molecular flexibility index (Phi) is 7.75. The van der Waals surface area contributed by atoms with Crippen LogP contribution in [0.25, 0.3) is 11.2 Å². The maximum atomic E-state index is 13.2. The fourth-order valence-electron chi connectivity index (χ4n) is 4.84. The fourth-order valence-corrected chi connectivity index (χ4v) is 4.84. The highest BCUT2D eigenvalue weighted by Gasteiger charge is 2.31. The third-order valence-electron chi connectivity index (χ3n) is 7.37. The highest BCUT2D eigenvalue weighted by atomic mass is 19.4. The summed E-state index contributed by atoms with van der Waals surface area (Å²) < 4.78 is 47.4. The molecule has 2 unspecified atom stereocenters. The molecule has 2 aromatic carbocycles. The molecule has 5 rings (SSSR count). The van der Waals surface area contributed by atoms with Crippen LogP contribution in [0.4, 0.5) is 19.0 Å². The van der Waals surface area contributed by atoms with Crippen LogP contribution in [-0.2, 0) is 24.1 Å². The van der Waals surface area contributed by atoms with Crippen LogP contribution in [0.1, 0.15) is 72.3 Å². The second-order valence-corrected chi connectivity index (χ2v) is 10.2. The van der Waals surface area contributed by atoms with E-state index in [-0.39, 0.29) is 24.1 Å². The lowest BCUT2D eigenvalue weighted by Gasteiger charge is -2.32. The molecule has 0 amide bonds. The minimum Gasteiger partial charge on any atom is -0.475 e. The maximum Gasteiger partial charge on any atom is 0.416 e. The van der Waals surface area contributed by atoms with E-state index in [1.165, 1.54) is 12.1 Å². The van der Waals surface area contributed by atoms with Crippen molar-refractivity contribution in [3.05, 3.63) is 82.9 Å². The first-order chi connectivity index (χ1) is 19.1. The smallest absolute Gasteiger partial charge is 0.416 e. The summed E-state index contributed by atoms with van der Waals surface area (Å²) >= 11 is 0. The minimum absolute atomic E-state index is 0.0260. The Morgan fingerprint density at radius 2 is 1.75 bits per heavy atom. The monoisotopic (exact) mass is 553 g/mol. The number of ether oxygens (including phenoxy) is 1. The lowest BCUT2D eigenvalue weighted by Crippen LogP contribution is -2.31. The van der Waals surface area contributed by atoms with Crippen molar-refractivity contribution in [2.45, 2.75) is 64.6 Å². The number of halogens is 3. The number of carboxylic acids is 1. The van der Waals surface area contributed by atoms with Gasteiger partial charge in [0.25, 0.3) is 0 Å². The van der Waals surface area contributed by atoms with Gasteiger partial charge in [-0.25, -0.2) is 19.7 Å². The van der Waals surface area contributed by atoms with Gasteiger partial charge >= 0.3 is 12.1 Å². The quantitative estimate of drug-likeness (QED) is 0.232. The fraction of sp³-hybridized carbons (Fsp3) is 0.379. The van der Waals surface area contributed by atoms with Gasteiger partial charge in [0.2, 0.25) is 5.82 Å². The molecule has 0 saturated heterocycles. The van der Waals surface area contributed by atoms with E-state index in [0.29, 0.717) is 35.2 Å². The van der Waals surface area contributed by atoms with Gasteiger partial charge in [0.1, 0.15) is 17.4 Å². The van der Waals surface area contributed by atoms with E-state index >= 15 is 0 Å². The third-order valence-corrected chi connectivity index (χ3v) is 7.37. The maximum absolute atomic E-state index is 13.2. The van der Waals surface area contributed by atoms with Crippen LogP contribution in [0.5, 0.6) is 0 Å².